The molecule has 0 fully saturated rings. The van der Waals surface area contributed by atoms with E-state index >= 15 is 0 Å². The largest absolute Gasteiger partial charge is 0.481 e. The zero-order valence-electron chi connectivity index (χ0n) is 10.4. The Balaban J connectivity index is 5.05. The van der Waals surface area contributed by atoms with Gasteiger partial charge in [0.1, 0.15) is 0 Å². The molecule has 0 atom stereocenters. The van der Waals surface area contributed by atoms with Crippen LogP contribution in [0, 0.1) is 0 Å². The fourth-order valence-corrected chi connectivity index (χ4v) is 2.60. The quantitative estimate of drug-likeness (QED) is 0.766. The van der Waals surface area contributed by atoms with Crippen LogP contribution in [-0.2, 0) is 15.0 Å². The van der Waals surface area contributed by atoms with Crippen molar-refractivity contribution in [2.45, 2.75) is 32.7 Å². The van der Waals surface area contributed by atoms with Gasteiger partial charge in [-0.05, 0) is 20.8 Å². The standard InChI is InChI=1S/C9H20N2O4S/c1-9(2,3)11(7-6-8(12)13)16(14,15)10(4)5/h6-7H2,1-5H3,(H,12,13). The molecule has 0 radical (unpaired) electrons. The highest BCUT2D eigenvalue weighted by Gasteiger charge is 2.34. The van der Waals surface area contributed by atoms with Crippen molar-refractivity contribution in [1.82, 2.24) is 8.61 Å². The van der Waals surface area contributed by atoms with Crippen molar-refractivity contribution < 1.29 is 18.3 Å². The van der Waals surface area contributed by atoms with Crippen molar-refractivity contribution in [1.29, 1.82) is 0 Å². The Labute approximate surface area is 97.0 Å². The lowest BCUT2D eigenvalue weighted by atomic mass is 10.1. The first-order valence-electron chi connectivity index (χ1n) is 4.91. The highest BCUT2D eigenvalue weighted by Crippen LogP contribution is 2.19. The van der Waals surface area contributed by atoms with E-state index in [1.807, 2.05) is 0 Å². The predicted octanol–water partition coefficient (Wildman–Crippen LogP) is 0.368. The monoisotopic (exact) mass is 252 g/mol. The van der Waals surface area contributed by atoms with Crippen LogP contribution in [0.15, 0.2) is 0 Å². The molecule has 0 saturated heterocycles. The first kappa shape index (κ1) is 15.3. The van der Waals surface area contributed by atoms with Crippen LogP contribution in [0.3, 0.4) is 0 Å². The highest BCUT2D eigenvalue weighted by atomic mass is 32.2. The molecular formula is C9H20N2O4S. The number of hydrogen-bond donors (Lipinski definition) is 1. The molecule has 0 aliphatic heterocycles. The molecule has 0 unspecified atom stereocenters. The Morgan fingerprint density at radius 2 is 1.69 bits per heavy atom. The molecule has 0 aromatic rings. The molecule has 7 heteroatoms. The molecule has 96 valence electrons. The average Bonchev–Trinajstić information content (AvgIpc) is 1.99. The Bertz CT molecular complexity index is 343. The lowest BCUT2D eigenvalue weighted by molar-refractivity contribution is -0.137. The number of aliphatic carboxylic acids is 1. The average molecular weight is 252 g/mol. The molecule has 16 heavy (non-hydrogen) atoms. The highest BCUT2D eigenvalue weighted by molar-refractivity contribution is 7.86. The second-order valence-corrected chi connectivity index (χ2v) is 6.74. The maximum atomic E-state index is 11.9. The van der Waals surface area contributed by atoms with Gasteiger partial charge in [0.15, 0.2) is 0 Å². The van der Waals surface area contributed by atoms with E-state index in [4.69, 9.17) is 5.11 Å². The van der Waals surface area contributed by atoms with Crippen molar-refractivity contribution in [3.63, 3.8) is 0 Å². The van der Waals surface area contributed by atoms with Crippen molar-refractivity contribution in [2.24, 2.45) is 0 Å². The molecule has 0 aliphatic carbocycles. The lowest BCUT2D eigenvalue weighted by Gasteiger charge is -2.35. The van der Waals surface area contributed by atoms with Crippen LogP contribution in [-0.4, -0.2) is 54.3 Å². The Morgan fingerprint density at radius 3 is 1.94 bits per heavy atom. The van der Waals surface area contributed by atoms with E-state index < -0.39 is 21.7 Å². The zero-order valence-corrected chi connectivity index (χ0v) is 11.2. The molecule has 0 spiro atoms. The Morgan fingerprint density at radius 1 is 1.25 bits per heavy atom. The zero-order chi connectivity index (χ0) is 13.1. The van der Waals surface area contributed by atoms with Crippen LogP contribution in [0.2, 0.25) is 0 Å². The smallest absolute Gasteiger partial charge is 0.304 e. The maximum absolute atomic E-state index is 11.9. The third-order valence-corrected chi connectivity index (χ3v) is 4.23. The summed E-state index contributed by atoms with van der Waals surface area (Å²) in [6, 6.07) is 0. The minimum absolute atomic E-state index is 0.0284. The predicted molar refractivity (Wildman–Crippen MR) is 61.3 cm³/mol. The second kappa shape index (κ2) is 5.11. The van der Waals surface area contributed by atoms with Crippen LogP contribution in [0.25, 0.3) is 0 Å². The summed E-state index contributed by atoms with van der Waals surface area (Å²) in [4.78, 5) is 10.5. The maximum Gasteiger partial charge on any atom is 0.304 e. The molecule has 0 aromatic carbocycles. The van der Waals surface area contributed by atoms with Crippen molar-refractivity contribution in [2.75, 3.05) is 20.6 Å². The molecule has 0 heterocycles. The number of hydrogen-bond acceptors (Lipinski definition) is 3. The van der Waals surface area contributed by atoms with Gasteiger partial charge in [-0.1, -0.05) is 0 Å². The van der Waals surface area contributed by atoms with E-state index in [2.05, 4.69) is 0 Å². The fourth-order valence-electron chi connectivity index (χ4n) is 1.19. The molecule has 6 nitrogen and oxygen atoms in total. The van der Waals surface area contributed by atoms with Crippen molar-refractivity contribution >= 4 is 16.2 Å². The first-order chi connectivity index (χ1) is 6.99. The summed E-state index contributed by atoms with van der Waals surface area (Å²) >= 11 is 0. The molecule has 0 rings (SSSR count). The van der Waals surface area contributed by atoms with Crippen LogP contribution >= 0.6 is 0 Å². The Hall–Kier alpha value is -0.660. The van der Waals surface area contributed by atoms with Gasteiger partial charge in [0.2, 0.25) is 0 Å². The minimum Gasteiger partial charge on any atom is -0.481 e. The fraction of sp³-hybridized carbons (Fsp3) is 0.889. The third-order valence-electron chi connectivity index (χ3n) is 2.02. The molecule has 0 amide bonds. The van der Waals surface area contributed by atoms with Gasteiger partial charge in [0.05, 0.1) is 6.42 Å². The summed E-state index contributed by atoms with van der Waals surface area (Å²) in [5.74, 6) is -1.01. The van der Waals surface area contributed by atoms with Gasteiger partial charge in [-0.15, -0.1) is 0 Å². The number of carbonyl (C=O) groups is 1. The number of carboxylic acid groups (broad SMARTS) is 1. The molecular weight excluding hydrogens is 232 g/mol. The van der Waals surface area contributed by atoms with Gasteiger partial charge in [-0.25, -0.2) is 0 Å². The van der Waals surface area contributed by atoms with Crippen LogP contribution < -0.4 is 0 Å². The summed E-state index contributed by atoms with van der Waals surface area (Å²) in [5, 5.41) is 8.60. The minimum atomic E-state index is -3.59. The molecule has 1 N–H and O–H groups in total. The number of nitrogens with zero attached hydrogens (tertiary/aromatic N) is 2. The lowest BCUT2D eigenvalue weighted by Crippen LogP contribution is -2.50. The van der Waals surface area contributed by atoms with E-state index in [0.717, 1.165) is 4.31 Å². The third kappa shape index (κ3) is 4.07. The SMILES string of the molecule is CN(C)S(=O)(=O)N(CCC(=O)O)C(C)(C)C. The summed E-state index contributed by atoms with van der Waals surface area (Å²) in [6.45, 7) is 5.17. The normalized spacial score (nSPS) is 13.4. The van der Waals surface area contributed by atoms with Crippen LogP contribution in [0.5, 0.6) is 0 Å². The van der Waals surface area contributed by atoms with Gasteiger partial charge in [-0.2, -0.15) is 17.0 Å². The summed E-state index contributed by atoms with van der Waals surface area (Å²) in [7, 11) is -0.738. The van der Waals surface area contributed by atoms with E-state index in [0.29, 0.717) is 0 Å². The summed E-state index contributed by atoms with van der Waals surface area (Å²) in [6.07, 6.45) is -0.204. The van der Waals surface area contributed by atoms with E-state index in [9.17, 15) is 13.2 Å². The number of rotatable bonds is 5. The van der Waals surface area contributed by atoms with Gasteiger partial charge >= 0.3 is 5.97 Å². The second-order valence-electron chi connectivity index (χ2n) is 4.68. The molecule has 0 aromatic heterocycles. The van der Waals surface area contributed by atoms with E-state index in [1.54, 1.807) is 20.8 Å². The Kier molecular flexibility index (Phi) is 4.90. The van der Waals surface area contributed by atoms with Gasteiger partial charge in [0.25, 0.3) is 10.2 Å². The molecule has 0 saturated carbocycles. The summed E-state index contributed by atoms with van der Waals surface area (Å²) < 4.78 is 26.2. The number of carboxylic acids is 1. The first-order valence-corrected chi connectivity index (χ1v) is 6.31. The van der Waals surface area contributed by atoms with Gasteiger partial charge < -0.3 is 5.11 Å². The van der Waals surface area contributed by atoms with Crippen LogP contribution in [0.4, 0.5) is 0 Å². The van der Waals surface area contributed by atoms with Crippen molar-refractivity contribution in [3.05, 3.63) is 0 Å². The topological polar surface area (TPSA) is 77.9 Å². The van der Waals surface area contributed by atoms with Gasteiger partial charge in [-0.3, -0.25) is 4.79 Å². The van der Waals surface area contributed by atoms with E-state index in [-0.39, 0.29) is 13.0 Å². The van der Waals surface area contributed by atoms with E-state index in [1.165, 1.54) is 18.4 Å². The van der Waals surface area contributed by atoms with Crippen LogP contribution in [0.1, 0.15) is 27.2 Å². The molecule has 0 aliphatic rings. The van der Waals surface area contributed by atoms with Crippen molar-refractivity contribution in [3.8, 4) is 0 Å². The summed E-state index contributed by atoms with van der Waals surface area (Å²) in [5.41, 5.74) is -0.640. The van der Waals surface area contributed by atoms with Gasteiger partial charge in [0, 0.05) is 26.2 Å². The molecule has 0 bridgehead atoms.